The fraction of sp³-hybridized carbons (Fsp3) is 0.657. The molecule has 0 radical (unpaired) electrons. The third kappa shape index (κ3) is 33.6. The van der Waals surface area contributed by atoms with E-state index in [2.05, 4.69) is 171 Å². The van der Waals surface area contributed by atoms with Crippen LogP contribution < -0.4 is 21.4 Å². The van der Waals surface area contributed by atoms with Crippen LogP contribution in [-0.2, 0) is 25.6 Å². The van der Waals surface area contributed by atoms with Gasteiger partial charge in [-0.25, -0.2) is 5.48 Å². The van der Waals surface area contributed by atoms with Gasteiger partial charge in [0, 0.05) is 70.5 Å². The number of hydroxylamine groups is 1. The first kappa shape index (κ1) is 80.2. The van der Waals surface area contributed by atoms with Gasteiger partial charge in [0.05, 0.1) is 13.2 Å². The number of carbonyl (C=O) groups excluding carboxylic acids is 3. The highest BCUT2D eigenvalue weighted by Gasteiger charge is 2.29. The Balaban J connectivity index is -0.00000104. The summed E-state index contributed by atoms with van der Waals surface area (Å²) in [5.74, 6) is 3.34. The Morgan fingerprint density at radius 3 is 1.95 bits per heavy atom. The largest absolute Gasteiger partial charge is 0.394 e. The van der Waals surface area contributed by atoms with Crippen LogP contribution in [0.1, 0.15) is 213 Å². The Hall–Kier alpha value is -5.00. The van der Waals surface area contributed by atoms with Crippen LogP contribution in [0.4, 0.5) is 5.69 Å². The number of anilines is 1. The number of nitrogens with one attached hydrogen (secondary N) is 2. The summed E-state index contributed by atoms with van der Waals surface area (Å²) < 4.78 is 0. The van der Waals surface area contributed by atoms with Crippen molar-refractivity contribution in [3.63, 3.8) is 0 Å². The smallest absolute Gasteiger partial charge is 0.249 e. The second-order valence-electron chi connectivity index (χ2n) is 21.4. The van der Waals surface area contributed by atoms with Gasteiger partial charge in [-0.2, -0.15) is 0 Å². The highest BCUT2D eigenvalue weighted by molar-refractivity contribution is 5.94. The van der Waals surface area contributed by atoms with E-state index in [-0.39, 0.29) is 5.91 Å². The Labute approximate surface area is 499 Å². The van der Waals surface area contributed by atoms with Crippen molar-refractivity contribution in [1.82, 2.24) is 20.6 Å². The average molecular weight is 1130 g/mol. The van der Waals surface area contributed by atoms with Gasteiger partial charge in [0.15, 0.2) is 0 Å². The third-order valence-corrected chi connectivity index (χ3v) is 14.8. The van der Waals surface area contributed by atoms with Crippen molar-refractivity contribution in [2.45, 2.75) is 227 Å². The number of carbonyl (C=O) groups is 3. The molecule has 5 rings (SSSR count). The Morgan fingerprint density at radius 1 is 0.914 bits per heavy atom. The van der Waals surface area contributed by atoms with E-state index in [1.807, 2.05) is 73.0 Å². The minimum atomic E-state index is -0.000602. The maximum Gasteiger partial charge on any atom is 0.249 e. The Bertz CT molecular complexity index is 2070. The number of aliphatic imine (C=N–C) groups is 1. The number of amides is 2. The maximum atomic E-state index is 13.1. The first-order valence-electron chi connectivity index (χ1n) is 31.7. The third-order valence-electron chi connectivity index (χ3n) is 14.8. The van der Waals surface area contributed by atoms with Gasteiger partial charge < -0.3 is 25.6 Å². The van der Waals surface area contributed by atoms with Crippen LogP contribution in [0.3, 0.4) is 0 Å². The zero-order valence-electron chi connectivity index (χ0n) is 56.2. The molecule has 2 fully saturated rings. The number of allylic oxidation sites excluding steroid dienone is 8. The molecule has 464 valence electrons. The average Bonchev–Trinajstić information content (AvgIpc) is 3.69. The number of hydrogen-bond acceptors (Lipinski definition) is 9. The fourth-order valence-electron chi connectivity index (χ4n) is 9.35. The lowest BCUT2D eigenvalue weighted by Crippen LogP contribution is -2.46. The van der Waals surface area contributed by atoms with E-state index < -0.39 is 0 Å². The molecule has 81 heavy (non-hydrogen) atoms. The molecule has 0 spiro atoms. The monoisotopic (exact) mass is 1130 g/mol. The molecule has 0 aromatic heterocycles. The number of benzene rings is 1. The molecule has 11 nitrogen and oxygen atoms in total. The highest BCUT2D eigenvalue weighted by atomic mass is 16.7. The first-order valence-corrected chi connectivity index (χ1v) is 31.7. The summed E-state index contributed by atoms with van der Waals surface area (Å²) in [6, 6.07) is 7.94. The van der Waals surface area contributed by atoms with Gasteiger partial charge in [0.2, 0.25) is 11.8 Å². The summed E-state index contributed by atoms with van der Waals surface area (Å²) in [4.78, 5) is 48.6. The lowest BCUT2D eigenvalue weighted by molar-refractivity contribution is -0.131. The lowest BCUT2D eigenvalue weighted by atomic mass is 9.83. The Kier molecular flexibility index (Phi) is 49.1. The van der Waals surface area contributed by atoms with Gasteiger partial charge in [-0.05, 0) is 175 Å². The lowest BCUT2D eigenvalue weighted by Gasteiger charge is -2.40. The quantitative estimate of drug-likeness (QED) is 0.0922. The zero-order valence-corrected chi connectivity index (χ0v) is 56.2. The molecule has 2 unspecified atom stereocenters. The first-order chi connectivity index (χ1) is 38.7. The van der Waals surface area contributed by atoms with Crippen LogP contribution in [0, 0.1) is 30.6 Å². The summed E-state index contributed by atoms with van der Waals surface area (Å²) >= 11 is 0. The van der Waals surface area contributed by atoms with Gasteiger partial charge in [0.1, 0.15) is 12.1 Å². The van der Waals surface area contributed by atoms with Gasteiger partial charge in [0.25, 0.3) is 0 Å². The molecule has 1 aromatic carbocycles. The molecule has 2 amide bonds. The standard InChI is InChI=1S/C28H50N2O.C17H25N3.C11H17N.C6H11NO2.C2H4O.3C2H6/c1-7-11-25(12-8-2)26-13-15-27(16-14-26)28(31)29-19-17-24(18-20-29)21-30(22(5)9-3)23(6)10-4;1-12(2)13(3)10-14(4)16(8-9-19-5)15-6-7-17(18)20-11-15;1-5-10-7-6-9(2)11(8-10)12(3)4;1-5-2-3-6(8)7-9-4-5;1-2-3;3*1-2/h13,15,22-25H,7-12,14,16-21H2,1-6H3;6-10,12,19H,4,11H2,1-3,5H3,(H2,18,20);6-8H,5H2,1-4H3;5H,2-4H2,1H3,(H,7,8);2H,1H3;3*1-2H3/b;9-8-,13-10+,16-15+;;;;;;/t22-,23?;;;;;;;/m0......./s1. The summed E-state index contributed by atoms with van der Waals surface area (Å²) in [5, 5.41) is 3.02. The van der Waals surface area contributed by atoms with Gasteiger partial charge in [-0.1, -0.05) is 164 Å². The molecule has 1 aromatic rings. The molecule has 3 heterocycles. The molecular formula is C70H125N7O4. The van der Waals surface area contributed by atoms with Crippen molar-refractivity contribution in [3.8, 4) is 0 Å². The molecule has 0 bridgehead atoms. The second kappa shape index (κ2) is 49.6. The molecule has 4 aliphatic rings. The number of aldehydes is 1. The summed E-state index contributed by atoms with van der Waals surface area (Å²) in [7, 11) is 6.05. The van der Waals surface area contributed by atoms with Crippen molar-refractivity contribution in [3.05, 3.63) is 112 Å². The Morgan fingerprint density at radius 2 is 1.49 bits per heavy atom. The van der Waals surface area contributed by atoms with Crippen LogP contribution in [0.2, 0.25) is 0 Å². The van der Waals surface area contributed by atoms with E-state index >= 15 is 0 Å². The molecule has 3 aliphatic heterocycles. The van der Waals surface area contributed by atoms with Gasteiger partial charge in [-0.15, -0.1) is 0 Å². The molecule has 0 saturated carbocycles. The van der Waals surface area contributed by atoms with Crippen molar-refractivity contribution >= 4 is 29.6 Å². The van der Waals surface area contributed by atoms with Crippen molar-refractivity contribution in [1.29, 1.82) is 0 Å². The van der Waals surface area contributed by atoms with E-state index in [1.165, 1.54) is 74.4 Å². The van der Waals surface area contributed by atoms with E-state index in [0.29, 0.717) is 55.2 Å². The second-order valence-corrected chi connectivity index (χ2v) is 21.4. The minimum absolute atomic E-state index is 0.000602. The molecular weight excluding hydrogens is 1000 g/mol. The number of likely N-dealkylation sites (tertiary alicyclic amines) is 1. The van der Waals surface area contributed by atoms with Crippen molar-refractivity contribution in [2.24, 2.45) is 34.4 Å². The maximum absolute atomic E-state index is 13.1. The van der Waals surface area contributed by atoms with Crippen LogP contribution >= 0.6 is 0 Å². The summed E-state index contributed by atoms with van der Waals surface area (Å²) in [6.45, 7) is 48.7. The molecule has 4 N–H and O–H groups in total. The SMILES string of the molecule is C=C(/C=C(\C)C(C)C)C(/C=C\NC)=C1\C=CC(N)=NC1.CC.CC.CC.CC1CCC(=O)NOC1.CC=O.CCCC(CCC)C1=CC=C(C(=O)N2CCC(CN(C(C)CC)[C@@H](C)CC)CC2)CC1.CCc1ccc(C)c(N(C)C)c1. The highest BCUT2D eigenvalue weighted by Crippen LogP contribution is 2.32. The number of piperidine rings is 1. The summed E-state index contributed by atoms with van der Waals surface area (Å²) in [5.41, 5.74) is 19.2. The predicted octanol–water partition coefficient (Wildman–Crippen LogP) is 16.5. The molecule has 1 aliphatic carbocycles. The van der Waals surface area contributed by atoms with Crippen LogP contribution in [0.15, 0.2) is 106 Å². The van der Waals surface area contributed by atoms with E-state index in [1.54, 1.807) is 5.57 Å². The van der Waals surface area contributed by atoms with Crippen LogP contribution in [-0.4, -0.2) is 99.7 Å². The number of amidine groups is 1. The topological polar surface area (TPSA) is 133 Å². The molecule has 2 saturated heterocycles. The molecule has 11 heteroatoms. The number of nitrogens with zero attached hydrogens (tertiary/aromatic N) is 4. The minimum Gasteiger partial charge on any atom is -0.394 e. The number of aryl methyl sites for hydroxylation is 2. The fourth-order valence-corrected chi connectivity index (χ4v) is 9.35. The summed E-state index contributed by atoms with van der Waals surface area (Å²) in [6.07, 6.45) is 29.6. The van der Waals surface area contributed by atoms with E-state index in [9.17, 15) is 9.59 Å². The zero-order chi connectivity index (χ0) is 62.5. The van der Waals surface area contributed by atoms with Crippen LogP contribution in [0.5, 0.6) is 0 Å². The number of rotatable bonds is 19. The molecule has 3 atom stereocenters. The normalized spacial score (nSPS) is 17.3. The number of dihydropyridines is 1. The van der Waals surface area contributed by atoms with Crippen LogP contribution in [0.25, 0.3) is 0 Å². The number of nitrogens with two attached hydrogens (primary N) is 1. The number of hydrogen-bond donors (Lipinski definition) is 3. The van der Waals surface area contributed by atoms with Gasteiger partial charge in [-0.3, -0.25) is 24.3 Å². The van der Waals surface area contributed by atoms with E-state index in [0.717, 1.165) is 92.0 Å². The van der Waals surface area contributed by atoms with Crippen molar-refractivity contribution in [2.75, 3.05) is 58.8 Å². The van der Waals surface area contributed by atoms with Crippen molar-refractivity contribution < 1.29 is 19.2 Å². The van der Waals surface area contributed by atoms with Gasteiger partial charge >= 0.3 is 0 Å². The predicted molar refractivity (Wildman–Crippen MR) is 356 cm³/mol. The van der Waals surface area contributed by atoms with E-state index in [4.69, 9.17) is 15.4 Å².